The number of alkyl halides is 3. The van der Waals surface area contributed by atoms with Gasteiger partial charge in [0, 0.05) is 4.88 Å². The Morgan fingerprint density at radius 1 is 1.48 bits per heavy atom. The van der Waals surface area contributed by atoms with Gasteiger partial charge >= 0.3 is 12.1 Å². The molecular formula is C11H9ClF3N3O2S. The van der Waals surface area contributed by atoms with Crippen molar-refractivity contribution in [2.75, 3.05) is 6.61 Å². The highest BCUT2D eigenvalue weighted by atomic mass is 35.5. The van der Waals surface area contributed by atoms with Crippen LogP contribution in [0.3, 0.4) is 0 Å². The molecule has 0 fully saturated rings. The second-order valence-electron chi connectivity index (χ2n) is 3.87. The number of carbonyl (C=O) groups excluding carboxylic acids is 1. The summed E-state index contributed by atoms with van der Waals surface area (Å²) in [5.41, 5.74) is -2.07. The van der Waals surface area contributed by atoms with Gasteiger partial charge in [0.1, 0.15) is 0 Å². The Hall–Kier alpha value is -1.61. The number of carbonyl (C=O) groups is 1. The van der Waals surface area contributed by atoms with E-state index in [9.17, 15) is 18.0 Å². The molecule has 10 heteroatoms. The van der Waals surface area contributed by atoms with E-state index in [-0.39, 0.29) is 13.2 Å². The summed E-state index contributed by atoms with van der Waals surface area (Å²) in [6, 6.07) is 3.15. The number of rotatable bonds is 4. The van der Waals surface area contributed by atoms with Crippen molar-refractivity contribution >= 4 is 28.9 Å². The minimum absolute atomic E-state index is 0.0521. The summed E-state index contributed by atoms with van der Waals surface area (Å²) in [6.45, 7) is 1.26. The van der Waals surface area contributed by atoms with Crippen molar-refractivity contribution in [2.45, 2.75) is 19.6 Å². The van der Waals surface area contributed by atoms with Crippen LogP contribution >= 0.6 is 22.9 Å². The van der Waals surface area contributed by atoms with Gasteiger partial charge in [0.15, 0.2) is 5.69 Å². The van der Waals surface area contributed by atoms with Gasteiger partial charge in [0.25, 0.3) is 0 Å². The summed E-state index contributed by atoms with van der Waals surface area (Å²) in [5.74, 6) is -1.15. The highest BCUT2D eigenvalue weighted by Crippen LogP contribution is 2.32. The molecule has 0 bridgehead atoms. The van der Waals surface area contributed by atoms with Crippen LogP contribution in [0.15, 0.2) is 12.1 Å². The molecule has 0 spiro atoms. The highest BCUT2D eigenvalue weighted by Gasteiger charge is 2.42. The molecule has 0 unspecified atom stereocenters. The van der Waals surface area contributed by atoms with Gasteiger partial charge in [-0.05, 0) is 19.1 Å². The first-order valence-electron chi connectivity index (χ1n) is 5.75. The number of halogens is 4. The normalized spacial score (nSPS) is 11.7. The Morgan fingerprint density at radius 2 is 2.19 bits per heavy atom. The van der Waals surface area contributed by atoms with Crippen LogP contribution in [-0.2, 0) is 17.5 Å². The topological polar surface area (TPSA) is 57.0 Å². The van der Waals surface area contributed by atoms with E-state index in [4.69, 9.17) is 11.6 Å². The molecule has 0 aliphatic carbocycles. The Morgan fingerprint density at radius 3 is 2.71 bits per heavy atom. The van der Waals surface area contributed by atoms with E-state index in [1.165, 1.54) is 6.92 Å². The standard InChI is InChI=1S/C11H9ClF3N3O2S/c1-2-20-10(19)8-9(11(13,14)15)18(17-16-8)5-6-3-4-7(12)21-6/h3-4H,2,5H2,1H3. The molecule has 0 radical (unpaired) electrons. The third kappa shape index (κ3) is 3.53. The Kier molecular flexibility index (Phi) is 4.52. The van der Waals surface area contributed by atoms with Crippen molar-refractivity contribution < 1.29 is 22.7 Å². The lowest BCUT2D eigenvalue weighted by Gasteiger charge is -2.10. The third-order valence-corrected chi connectivity index (χ3v) is 3.62. The van der Waals surface area contributed by atoms with E-state index >= 15 is 0 Å². The first-order chi connectivity index (χ1) is 9.82. The summed E-state index contributed by atoms with van der Waals surface area (Å²) >= 11 is 6.85. The lowest BCUT2D eigenvalue weighted by atomic mass is 10.3. The predicted molar refractivity (Wildman–Crippen MR) is 69.4 cm³/mol. The number of esters is 1. The van der Waals surface area contributed by atoms with E-state index in [1.807, 2.05) is 0 Å². The van der Waals surface area contributed by atoms with Gasteiger partial charge in [-0.15, -0.1) is 16.4 Å². The minimum atomic E-state index is -4.77. The van der Waals surface area contributed by atoms with Crippen LogP contribution in [0.4, 0.5) is 13.2 Å². The SMILES string of the molecule is CCOC(=O)c1nnn(Cc2ccc(Cl)s2)c1C(F)(F)F. The molecule has 21 heavy (non-hydrogen) atoms. The zero-order valence-electron chi connectivity index (χ0n) is 10.6. The third-order valence-electron chi connectivity index (χ3n) is 2.41. The van der Waals surface area contributed by atoms with Crippen molar-refractivity contribution in [3.8, 4) is 0 Å². The molecule has 0 saturated heterocycles. The van der Waals surface area contributed by atoms with Gasteiger partial charge in [-0.3, -0.25) is 0 Å². The lowest BCUT2D eigenvalue weighted by Crippen LogP contribution is -2.19. The van der Waals surface area contributed by atoms with E-state index < -0.39 is 23.5 Å². The van der Waals surface area contributed by atoms with Gasteiger partial charge in [-0.2, -0.15) is 13.2 Å². The lowest BCUT2D eigenvalue weighted by molar-refractivity contribution is -0.144. The Bertz CT molecular complexity index is 653. The molecule has 2 heterocycles. The van der Waals surface area contributed by atoms with Crippen molar-refractivity contribution in [3.05, 3.63) is 32.7 Å². The molecule has 0 N–H and O–H groups in total. The van der Waals surface area contributed by atoms with Gasteiger partial charge in [-0.1, -0.05) is 16.8 Å². The number of aromatic nitrogens is 3. The van der Waals surface area contributed by atoms with Crippen LogP contribution in [0, 0.1) is 0 Å². The smallest absolute Gasteiger partial charge is 0.435 e. The number of hydrogen-bond donors (Lipinski definition) is 0. The molecule has 0 aliphatic rings. The number of ether oxygens (including phenoxy) is 1. The zero-order valence-corrected chi connectivity index (χ0v) is 12.2. The summed E-state index contributed by atoms with van der Waals surface area (Å²) in [7, 11) is 0. The molecule has 0 aromatic carbocycles. The van der Waals surface area contributed by atoms with Crippen molar-refractivity contribution in [1.82, 2.24) is 15.0 Å². The van der Waals surface area contributed by atoms with Crippen LogP contribution in [0.1, 0.15) is 28.0 Å². The molecule has 0 aliphatic heterocycles. The quantitative estimate of drug-likeness (QED) is 0.802. The van der Waals surface area contributed by atoms with E-state index in [2.05, 4.69) is 15.0 Å². The molecule has 2 rings (SSSR count). The molecule has 0 amide bonds. The van der Waals surface area contributed by atoms with Crippen LogP contribution in [0.2, 0.25) is 4.34 Å². The first kappa shape index (κ1) is 15.8. The molecule has 114 valence electrons. The fourth-order valence-corrected chi connectivity index (χ4v) is 2.70. The highest BCUT2D eigenvalue weighted by molar-refractivity contribution is 7.16. The van der Waals surface area contributed by atoms with Gasteiger partial charge in [-0.25, -0.2) is 9.48 Å². The second-order valence-corrected chi connectivity index (χ2v) is 5.67. The van der Waals surface area contributed by atoms with E-state index in [0.29, 0.717) is 13.9 Å². The van der Waals surface area contributed by atoms with Gasteiger partial charge < -0.3 is 4.74 Å². The Balaban J connectivity index is 2.39. The Labute approximate surface area is 126 Å². The fourth-order valence-electron chi connectivity index (χ4n) is 1.63. The van der Waals surface area contributed by atoms with Crippen LogP contribution < -0.4 is 0 Å². The average Bonchev–Trinajstić information content (AvgIpc) is 2.96. The number of hydrogen-bond acceptors (Lipinski definition) is 5. The zero-order chi connectivity index (χ0) is 15.6. The second kappa shape index (κ2) is 6.02. The monoisotopic (exact) mass is 339 g/mol. The molecule has 2 aromatic heterocycles. The summed E-state index contributed by atoms with van der Waals surface area (Å²) < 4.78 is 45.0. The average molecular weight is 340 g/mol. The summed E-state index contributed by atoms with van der Waals surface area (Å²) in [5, 5.41) is 6.69. The molecular weight excluding hydrogens is 331 g/mol. The number of nitrogens with zero attached hydrogens (tertiary/aromatic N) is 3. The van der Waals surface area contributed by atoms with Gasteiger partial charge in [0.05, 0.1) is 17.5 Å². The van der Waals surface area contributed by atoms with Gasteiger partial charge in [0.2, 0.25) is 5.69 Å². The molecule has 0 saturated carbocycles. The van der Waals surface area contributed by atoms with Crippen LogP contribution in [0.5, 0.6) is 0 Å². The van der Waals surface area contributed by atoms with Crippen LogP contribution in [-0.4, -0.2) is 27.6 Å². The van der Waals surface area contributed by atoms with E-state index in [1.54, 1.807) is 12.1 Å². The minimum Gasteiger partial charge on any atom is -0.461 e. The van der Waals surface area contributed by atoms with Crippen molar-refractivity contribution in [1.29, 1.82) is 0 Å². The fraction of sp³-hybridized carbons (Fsp3) is 0.364. The van der Waals surface area contributed by atoms with E-state index in [0.717, 1.165) is 11.3 Å². The maximum absolute atomic E-state index is 13.1. The molecule has 0 atom stereocenters. The van der Waals surface area contributed by atoms with Crippen molar-refractivity contribution in [2.24, 2.45) is 0 Å². The largest absolute Gasteiger partial charge is 0.461 e. The maximum Gasteiger partial charge on any atom is 0.435 e. The van der Waals surface area contributed by atoms with Crippen LogP contribution in [0.25, 0.3) is 0 Å². The predicted octanol–water partition coefficient (Wildman–Crippen LogP) is 3.24. The molecule has 2 aromatic rings. The molecule has 5 nitrogen and oxygen atoms in total. The number of thiophene rings is 1. The maximum atomic E-state index is 13.1. The summed E-state index contributed by atoms with van der Waals surface area (Å²) in [6.07, 6.45) is -4.77. The first-order valence-corrected chi connectivity index (χ1v) is 6.94. The van der Waals surface area contributed by atoms with Crippen molar-refractivity contribution in [3.63, 3.8) is 0 Å². The summed E-state index contributed by atoms with van der Waals surface area (Å²) in [4.78, 5) is 12.1.